The van der Waals surface area contributed by atoms with Gasteiger partial charge < -0.3 is 10.1 Å². The minimum Gasteiger partial charge on any atom is -0.438 e. The number of nitrogens with one attached hydrogen (secondary N) is 1. The van der Waals surface area contributed by atoms with Gasteiger partial charge in [-0.05, 0) is 78.9 Å². The van der Waals surface area contributed by atoms with Gasteiger partial charge in [-0.2, -0.15) is 0 Å². The maximum atomic E-state index is 12.4. The number of benzene rings is 2. The third kappa shape index (κ3) is 4.33. The van der Waals surface area contributed by atoms with Gasteiger partial charge in [0.15, 0.2) is 5.82 Å². The molecule has 4 rings (SSSR count). The van der Waals surface area contributed by atoms with Crippen molar-refractivity contribution in [3.63, 3.8) is 0 Å². The molecule has 0 unspecified atom stereocenters. The number of aryl methyl sites for hydroxylation is 1. The Balaban J connectivity index is 1.42. The molecule has 1 N–H and O–H groups in total. The number of hydrogen-bond acceptors (Lipinski definition) is 5. The summed E-state index contributed by atoms with van der Waals surface area (Å²) in [5.41, 5.74) is 3.28. The van der Waals surface area contributed by atoms with E-state index in [1.54, 1.807) is 42.7 Å². The summed E-state index contributed by atoms with van der Waals surface area (Å²) >= 11 is 2.15. The number of rotatable bonds is 5. The standard InChI is InChI=1S/C22H18IN5O2/c1-14-15(2)28(13-24-14)20-11-12-21(27-26-20)30-17-9-7-16(8-10-17)25-22(29)18-5-3-4-6-19(18)23/h3-13H,1-2H3,(H,25,29). The maximum absolute atomic E-state index is 12.4. The molecule has 0 aliphatic rings. The van der Waals surface area contributed by atoms with Gasteiger partial charge in [0.2, 0.25) is 5.88 Å². The van der Waals surface area contributed by atoms with Crippen molar-refractivity contribution in [2.75, 3.05) is 5.32 Å². The van der Waals surface area contributed by atoms with E-state index in [1.807, 2.05) is 42.7 Å². The number of hydrogen-bond donors (Lipinski definition) is 1. The largest absolute Gasteiger partial charge is 0.438 e. The molecule has 7 nitrogen and oxygen atoms in total. The third-order valence-corrected chi connectivity index (χ3v) is 5.52. The fourth-order valence-corrected chi connectivity index (χ4v) is 3.43. The van der Waals surface area contributed by atoms with Crippen molar-refractivity contribution in [3.05, 3.63) is 87.5 Å². The molecule has 1 amide bonds. The second-order valence-electron chi connectivity index (χ2n) is 6.58. The number of carbonyl (C=O) groups excluding carboxylic acids is 1. The quantitative estimate of drug-likeness (QED) is 0.385. The van der Waals surface area contributed by atoms with Crippen molar-refractivity contribution >= 4 is 34.2 Å². The average Bonchev–Trinajstić information content (AvgIpc) is 3.09. The Morgan fingerprint density at radius 1 is 1.00 bits per heavy atom. The number of carbonyl (C=O) groups is 1. The van der Waals surface area contributed by atoms with Crippen molar-refractivity contribution in [3.8, 4) is 17.4 Å². The van der Waals surface area contributed by atoms with E-state index in [9.17, 15) is 4.79 Å². The highest BCUT2D eigenvalue weighted by Crippen LogP contribution is 2.22. The van der Waals surface area contributed by atoms with Crippen molar-refractivity contribution < 1.29 is 9.53 Å². The molecule has 150 valence electrons. The van der Waals surface area contributed by atoms with E-state index >= 15 is 0 Å². The van der Waals surface area contributed by atoms with E-state index in [0.717, 1.165) is 15.0 Å². The van der Waals surface area contributed by atoms with Crippen molar-refractivity contribution in [1.29, 1.82) is 0 Å². The summed E-state index contributed by atoms with van der Waals surface area (Å²) < 4.78 is 8.53. The minimum absolute atomic E-state index is 0.153. The highest BCUT2D eigenvalue weighted by molar-refractivity contribution is 14.1. The number of ether oxygens (including phenoxy) is 1. The van der Waals surface area contributed by atoms with Crippen LogP contribution in [-0.2, 0) is 0 Å². The zero-order valence-electron chi connectivity index (χ0n) is 16.3. The van der Waals surface area contributed by atoms with Crippen LogP contribution in [0.15, 0.2) is 67.0 Å². The van der Waals surface area contributed by atoms with Gasteiger partial charge in [-0.25, -0.2) is 4.98 Å². The summed E-state index contributed by atoms with van der Waals surface area (Å²) in [4.78, 5) is 16.7. The summed E-state index contributed by atoms with van der Waals surface area (Å²) in [6.45, 7) is 3.93. The molecule has 0 aliphatic carbocycles. The van der Waals surface area contributed by atoms with Gasteiger partial charge in [-0.1, -0.05) is 12.1 Å². The first kappa shape index (κ1) is 20.0. The lowest BCUT2D eigenvalue weighted by Gasteiger charge is -2.09. The van der Waals surface area contributed by atoms with Crippen LogP contribution in [0.2, 0.25) is 0 Å². The van der Waals surface area contributed by atoms with Gasteiger partial charge >= 0.3 is 0 Å². The molecule has 0 saturated carbocycles. The lowest BCUT2D eigenvalue weighted by Crippen LogP contribution is -2.13. The fourth-order valence-electron chi connectivity index (χ4n) is 2.80. The SMILES string of the molecule is Cc1ncn(-c2ccc(Oc3ccc(NC(=O)c4ccccc4I)cc3)nn2)c1C. The molecular formula is C22H18IN5O2. The summed E-state index contributed by atoms with van der Waals surface area (Å²) in [6.07, 6.45) is 1.72. The molecule has 8 heteroatoms. The van der Waals surface area contributed by atoms with Gasteiger partial charge in [-0.15, -0.1) is 10.2 Å². The first-order chi connectivity index (χ1) is 14.5. The van der Waals surface area contributed by atoms with Gasteiger partial charge in [0, 0.05) is 21.0 Å². The molecule has 0 aliphatic heterocycles. The molecule has 0 spiro atoms. The fraction of sp³-hybridized carbons (Fsp3) is 0.0909. The van der Waals surface area contributed by atoms with E-state index in [2.05, 4.69) is 43.1 Å². The summed E-state index contributed by atoms with van der Waals surface area (Å²) in [5, 5.41) is 11.2. The molecule has 2 aromatic heterocycles. The van der Waals surface area contributed by atoms with Crippen molar-refractivity contribution in [1.82, 2.24) is 19.7 Å². The molecule has 0 fully saturated rings. The number of halogens is 1. The first-order valence-electron chi connectivity index (χ1n) is 9.20. The first-order valence-corrected chi connectivity index (χ1v) is 10.3. The monoisotopic (exact) mass is 511 g/mol. The number of aromatic nitrogens is 4. The Bertz CT molecular complexity index is 1190. The van der Waals surface area contributed by atoms with Crippen LogP contribution in [0.3, 0.4) is 0 Å². The summed E-state index contributed by atoms with van der Waals surface area (Å²) in [6, 6.07) is 18.1. The van der Waals surface area contributed by atoms with E-state index in [-0.39, 0.29) is 5.91 Å². The van der Waals surface area contributed by atoms with E-state index in [4.69, 9.17) is 4.74 Å². The minimum atomic E-state index is -0.153. The van der Waals surface area contributed by atoms with Crippen LogP contribution >= 0.6 is 22.6 Å². The Kier molecular flexibility index (Phi) is 5.75. The molecule has 0 saturated heterocycles. The van der Waals surface area contributed by atoms with E-state index in [1.165, 1.54) is 0 Å². The number of nitrogens with zero attached hydrogens (tertiary/aromatic N) is 4. The van der Waals surface area contributed by atoms with Crippen LogP contribution < -0.4 is 10.1 Å². The number of imidazole rings is 1. The second kappa shape index (κ2) is 8.62. The lowest BCUT2D eigenvalue weighted by atomic mass is 10.2. The molecule has 4 aromatic rings. The van der Waals surface area contributed by atoms with Crippen molar-refractivity contribution in [2.45, 2.75) is 13.8 Å². The third-order valence-electron chi connectivity index (χ3n) is 4.58. The Labute approximate surface area is 187 Å². The van der Waals surface area contributed by atoms with Crippen molar-refractivity contribution in [2.24, 2.45) is 0 Å². The highest BCUT2D eigenvalue weighted by atomic mass is 127. The predicted molar refractivity (Wildman–Crippen MR) is 122 cm³/mol. The predicted octanol–water partition coefficient (Wildman–Crippen LogP) is 4.93. The smallest absolute Gasteiger partial charge is 0.256 e. The number of anilines is 1. The molecule has 2 heterocycles. The average molecular weight is 511 g/mol. The molecule has 0 atom stereocenters. The van der Waals surface area contributed by atoms with Crippen LogP contribution in [0.4, 0.5) is 5.69 Å². The molecule has 30 heavy (non-hydrogen) atoms. The Morgan fingerprint density at radius 2 is 1.77 bits per heavy atom. The van der Waals surface area contributed by atoms with Crippen LogP contribution in [0.25, 0.3) is 5.82 Å². The topological polar surface area (TPSA) is 81.9 Å². The van der Waals surface area contributed by atoms with Crippen LogP contribution in [0.1, 0.15) is 21.7 Å². The molecule has 0 radical (unpaired) electrons. The Morgan fingerprint density at radius 3 is 2.40 bits per heavy atom. The van der Waals surface area contributed by atoms with Gasteiger partial charge in [0.1, 0.15) is 12.1 Å². The van der Waals surface area contributed by atoms with Crippen LogP contribution in [-0.4, -0.2) is 25.7 Å². The maximum Gasteiger partial charge on any atom is 0.256 e. The molecular weight excluding hydrogens is 493 g/mol. The summed E-state index contributed by atoms with van der Waals surface area (Å²) in [7, 11) is 0. The van der Waals surface area contributed by atoms with Gasteiger partial charge in [0.05, 0.1) is 11.3 Å². The van der Waals surface area contributed by atoms with Crippen LogP contribution in [0.5, 0.6) is 11.6 Å². The zero-order chi connectivity index (χ0) is 21.1. The second-order valence-corrected chi connectivity index (χ2v) is 7.74. The van der Waals surface area contributed by atoms with Gasteiger partial charge in [-0.3, -0.25) is 9.36 Å². The van der Waals surface area contributed by atoms with Gasteiger partial charge in [0.25, 0.3) is 5.91 Å². The normalized spacial score (nSPS) is 10.6. The molecule has 2 aromatic carbocycles. The highest BCUT2D eigenvalue weighted by Gasteiger charge is 2.10. The number of amides is 1. The zero-order valence-corrected chi connectivity index (χ0v) is 18.5. The molecule has 0 bridgehead atoms. The van der Waals surface area contributed by atoms with E-state index in [0.29, 0.717) is 28.7 Å². The lowest BCUT2D eigenvalue weighted by molar-refractivity contribution is 0.102. The van der Waals surface area contributed by atoms with Crippen LogP contribution in [0, 0.1) is 17.4 Å². The summed E-state index contributed by atoms with van der Waals surface area (Å²) in [5.74, 6) is 1.50. The Hall–Kier alpha value is -3.27. The van der Waals surface area contributed by atoms with E-state index < -0.39 is 0 Å².